The molecule has 0 bridgehead atoms. The van der Waals surface area contributed by atoms with Crippen molar-refractivity contribution in [2.45, 2.75) is 63.1 Å². The molecule has 12 heavy (non-hydrogen) atoms. The minimum Gasteiger partial charge on any atom is -0.123 e. The second-order valence-corrected chi connectivity index (χ2v) is 4.57. The zero-order chi connectivity index (χ0) is 9.40. The van der Waals surface area contributed by atoms with E-state index >= 15 is 0 Å². The Morgan fingerprint density at radius 3 is 2.17 bits per heavy atom. The van der Waals surface area contributed by atoms with Crippen LogP contribution in [0.4, 0.5) is 0 Å². The smallest absolute Gasteiger partial charge is 0.0350 e. The summed E-state index contributed by atoms with van der Waals surface area (Å²) >= 11 is 12.1. The Balaban J connectivity index is 3.26. The van der Waals surface area contributed by atoms with Crippen molar-refractivity contribution in [1.82, 2.24) is 0 Å². The lowest BCUT2D eigenvalue weighted by Gasteiger charge is -2.11. The quantitative estimate of drug-likeness (QED) is 0.427. The molecule has 0 saturated heterocycles. The summed E-state index contributed by atoms with van der Waals surface area (Å²) in [5.41, 5.74) is 0. The molecule has 0 rings (SSSR count). The minimum atomic E-state index is 0.272. The molecule has 0 radical (unpaired) electrons. The van der Waals surface area contributed by atoms with Gasteiger partial charge in [0.05, 0.1) is 0 Å². The summed E-state index contributed by atoms with van der Waals surface area (Å²) < 4.78 is 0. The molecule has 0 saturated carbocycles. The maximum atomic E-state index is 6.11. The van der Waals surface area contributed by atoms with Gasteiger partial charge >= 0.3 is 0 Å². The highest BCUT2D eigenvalue weighted by molar-refractivity contribution is 6.23. The second kappa shape index (κ2) is 8.19. The lowest BCUT2D eigenvalue weighted by molar-refractivity contribution is 0.595. The fourth-order valence-corrected chi connectivity index (χ4v) is 1.85. The molecule has 0 aromatic rings. The van der Waals surface area contributed by atoms with Crippen molar-refractivity contribution in [3.63, 3.8) is 0 Å². The fourth-order valence-electron chi connectivity index (χ4n) is 1.18. The summed E-state index contributed by atoms with van der Waals surface area (Å²) in [5, 5.41) is 0.563. The standard InChI is InChI=1S/C10H20Cl2/c1-3-5-6-7-10(12)8-9(11)4-2/h9-10H,3-8H2,1-2H3. The molecule has 0 aliphatic heterocycles. The number of unbranched alkanes of at least 4 members (excludes halogenated alkanes) is 2. The molecule has 0 aliphatic carbocycles. The summed E-state index contributed by atoms with van der Waals surface area (Å²) in [4.78, 5) is 0. The number of alkyl halides is 2. The molecule has 0 aliphatic rings. The number of hydrogen-bond donors (Lipinski definition) is 0. The average molecular weight is 211 g/mol. The van der Waals surface area contributed by atoms with E-state index < -0.39 is 0 Å². The highest BCUT2D eigenvalue weighted by Crippen LogP contribution is 2.18. The molecule has 2 atom stereocenters. The third-order valence-corrected chi connectivity index (χ3v) is 2.96. The van der Waals surface area contributed by atoms with Gasteiger partial charge in [-0.2, -0.15) is 0 Å². The highest BCUT2D eigenvalue weighted by atomic mass is 35.5. The van der Waals surface area contributed by atoms with Crippen LogP contribution >= 0.6 is 23.2 Å². The van der Waals surface area contributed by atoms with Gasteiger partial charge in [-0.3, -0.25) is 0 Å². The minimum absolute atomic E-state index is 0.272. The van der Waals surface area contributed by atoms with Gasteiger partial charge in [0.25, 0.3) is 0 Å². The van der Waals surface area contributed by atoms with E-state index in [2.05, 4.69) is 13.8 Å². The van der Waals surface area contributed by atoms with E-state index in [1.165, 1.54) is 19.3 Å². The van der Waals surface area contributed by atoms with E-state index in [9.17, 15) is 0 Å². The SMILES string of the molecule is CCCCCC(Cl)CC(Cl)CC. The largest absolute Gasteiger partial charge is 0.123 e. The van der Waals surface area contributed by atoms with Crippen LogP contribution in [0.1, 0.15) is 52.4 Å². The first kappa shape index (κ1) is 12.6. The van der Waals surface area contributed by atoms with Crippen molar-refractivity contribution >= 4 is 23.2 Å². The topological polar surface area (TPSA) is 0 Å². The Kier molecular flexibility index (Phi) is 8.59. The van der Waals surface area contributed by atoms with Gasteiger partial charge < -0.3 is 0 Å². The molecule has 0 aromatic heterocycles. The summed E-state index contributed by atoms with van der Waals surface area (Å²) in [6.07, 6.45) is 6.92. The summed E-state index contributed by atoms with van der Waals surface area (Å²) in [5.74, 6) is 0. The lowest BCUT2D eigenvalue weighted by Crippen LogP contribution is -2.07. The summed E-state index contributed by atoms with van der Waals surface area (Å²) in [6, 6.07) is 0. The van der Waals surface area contributed by atoms with Crippen LogP contribution in [0.15, 0.2) is 0 Å². The third-order valence-electron chi connectivity index (χ3n) is 2.08. The maximum absolute atomic E-state index is 6.11. The molecule has 0 aromatic carbocycles. The van der Waals surface area contributed by atoms with Crippen molar-refractivity contribution in [2.24, 2.45) is 0 Å². The monoisotopic (exact) mass is 210 g/mol. The van der Waals surface area contributed by atoms with Gasteiger partial charge in [-0.05, 0) is 19.3 Å². The molecule has 0 spiro atoms. The van der Waals surface area contributed by atoms with Gasteiger partial charge in [-0.1, -0.05) is 33.1 Å². The molecular formula is C10H20Cl2. The van der Waals surface area contributed by atoms with Crippen molar-refractivity contribution in [2.75, 3.05) is 0 Å². The van der Waals surface area contributed by atoms with Gasteiger partial charge in [0.15, 0.2) is 0 Å². The van der Waals surface area contributed by atoms with Crippen LogP contribution in [0.2, 0.25) is 0 Å². The van der Waals surface area contributed by atoms with E-state index in [1.54, 1.807) is 0 Å². The molecule has 0 heterocycles. The van der Waals surface area contributed by atoms with Gasteiger partial charge in [-0.25, -0.2) is 0 Å². The first-order valence-electron chi connectivity index (χ1n) is 4.98. The number of halogens is 2. The summed E-state index contributed by atoms with van der Waals surface area (Å²) in [7, 11) is 0. The van der Waals surface area contributed by atoms with E-state index in [-0.39, 0.29) is 5.38 Å². The van der Waals surface area contributed by atoms with Crippen LogP contribution in [0.3, 0.4) is 0 Å². The van der Waals surface area contributed by atoms with E-state index in [0.29, 0.717) is 5.38 Å². The fraction of sp³-hybridized carbons (Fsp3) is 1.00. The normalized spacial score (nSPS) is 16.0. The maximum Gasteiger partial charge on any atom is 0.0350 e. The Morgan fingerprint density at radius 1 is 1.00 bits per heavy atom. The summed E-state index contributed by atoms with van der Waals surface area (Å²) in [6.45, 7) is 4.31. The Bertz CT molecular complexity index is 93.8. The molecule has 0 nitrogen and oxygen atoms in total. The van der Waals surface area contributed by atoms with Gasteiger partial charge in [-0.15, -0.1) is 23.2 Å². The van der Waals surface area contributed by atoms with Crippen LogP contribution in [0.5, 0.6) is 0 Å². The molecular weight excluding hydrogens is 191 g/mol. The van der Waals surface area contributed by atoms with Crippen LogP contribution in [-0.4, -0.2) is 10.8 Å². The lowest BCUT2D eigenvalue weighted by atomic mass is 10.1. The number of hydrogen-bond acceptors (Lipinski definition) is 0. The Labute approximate surface area is 86.6 Å². The molecule has 0 amide bonds. The molecule has 0 N–H and O–H groups in total. The Hall–Kier alpha value is 0.580. The molecule has 2 heteroatoms. The van der Waals surface area contributed by atoms with E-state index in [1.807, 2.05) is 0 Å². The van der Waals surface area contributed by atoms with E-state index in [0.717, 1.165) is 19.3 Å². The Morgan fingerprint density at radius 2 is 1.67 bits per heavy atom. The van der Waals surface area contributed by atoms with Crippen LogP contribution in [0, 0.1) is 0 Å². The molecule has 74 valence electrons. The van der Waals surface area contributed by atoms with Crippen molar-refractivity contribution < 1.29 is 0 Å². The molecule has 2 unspecified atom stereocenters. The zero-order valence-electron chi connectivity index (χ0n) is 8.15. The first-order chi connectivity index (χ1) is 5.70. The third kappa shape index (κ3) is 7.24. The van der Waals surface area contributed by atoms with Crippen LogP contribution in [0.25, 0.3) is 0 Å². The predicted molar refractivity (Wildman–Crippen MR) is 58.3 cm³/mol. The van der Waals surface area contributed by atoms with Crippen molar-refractivity contribution in [3.05, 3.63) is 0 Å². The predicted octanol–water partition coefficient (Wildman–Crippen LogP) is 4.58. The van der Waals surface area contributed by atoms with Crippen molar-refractivity contribution in [1.29, 1.82) is 0 Å². The van der Waals surface area contributed by atoms with Crippen molar-refractivity contribution in [3.8, 4) is 0 Å². The first-order valence-corrected chi connectivity index (χ1v) is 5.86. The second-order valence-electron chi connectivity index (χ2n) is 3.33. The van der Waals surface area contributed by atoms with Gasteiger partial charge in [0, 0.05) is 10.8 Å². The van der Waals surface area contributed by atoms with Gasteiger partial charge in [0.2, 0.25) is 0 Å². The van der Waals surface area contributed by atoms with E-state index in [4.69, 9.17) is 23.2 Å². The van der Waals surface area contributed by atoms with Crippen LogP contribution < -0.4 is 0 Å². The molecule has 0 fully saturated rings. The average Bonchev–Trinajstić information content (AvgIpc) is 2.05. The highest BCUT2D eigenvalue weighted by Gasteiger charge is 2.09. The number of rotatable bonds is 7. The van der Waals surface area contributed by atoms with Crippen LogP contribution in [-0.2, 0) is 0 Å². The van der Waals surface area contributed by atoms with Gasteiger partial charge in [0.1, 0.15) is 0 Å². The zero-order valence-corrected chi connectivity index (χ0v) is 9.67.